The van der Waals surface area contributed by atoms with Crippen molar-refractivity contribution in [3.8, 4) is 11.5 Å². The largest absolute Gasteiger partial charge is 0.504 e. The van der Waals surface area contributed by atoms with E-state index in [9.17, 15) is 14.7 Å². The van der Waals surface area contributed by atoms with Gasteiger partial charge in [-0.3, -0.25) is 14.5 Å². The van der Waals surface area contributed by atoms with Gasteiger partial charge in [0.2, 0.25) is 11.8 Å². The number of para-hydroxylation sites is 1. The fourth-order valence-corrected chi connectivity index (χ4v) is 7.87. The quantitative estimate of drug-likeness (QED) is 0.125. The number of carbonyl (C=O) groups is 2. The lowest BCUT2D eigenvalue weighted by molar-refractivity contribution is -0.122. The van der Waals surface area contributed by atoms with Crippen molar-refractivity contribution in [3.63, 3.8) is 0 Å². The van der Waals surface area contributed by atoms with Crippen LogP contribution in [0.2, 0.25) is 0 Å². The summed E-state index contributed by atoms with van der Waals surface area (Å²) in [6.45, 7) is 4.75. The number of aromatic hydroxyl groups is 1. The van der Waals surface area contributed by atoms with Crippen molar-refractivity contribution in [1.82, 2.24) is 0 Å². The number of carbonyl (C=O) groups excluding carboxylic acids is 2. The summed E-state index contributed by atoms with van der Waals surface area (Å²) in [5, 5.41) is 13.6. The third kappa shape index (κ3) is 6.27. The molecular weight excluding hydrogens is 679 g/mol. The second-order valence-corrected chi connectivity index (χ2v) is 13.4. The Hall–Kier alpha value is -3.63. The Kier molecular flexibility index (Phi) is 9.33. The van der Waals surface area contributed by atoms with Crippen LogP contribution in [0.15, 0.2) is 83.4 Å². The molecule has 7 nitrogen and oxygen atoms in total. The number of rotatable bonds is 10. The maximum atomic E-state index is 13.9. The van der Waals surface area contributed by atoms with E-state index < -0.39 is 0 Å². The maximum Gasteiger partial charge on any atom is 0.238 e. The molecule has 45 heavy (non-hydrogen) atoms. The zero-order valence-corrected chi connectivity index (χ0v) is 28.0. The van der Waals surface area contributed by atoms with Gasteiger partial charge in [0.25, 0.3) is 0 Å². The molecule has 2 aliphatic heterocycles. The third-order valence-electron chi connectivity index (χ3n) is 9.28. The topological polar surface area (TPSA) is 88.1 Å². The van der Waals surface area contributed by atoms with Crippen molar-refractivity contribution < 1.29 is 24.2 Å². The minimum absolute atomic E-state index is 0.0639. The number of hydrogen-bond acceptors (Lipinski definition) is 6. The molecule has 0 radical (unpaired) electrons. The summed E-state index contributed by atoms with van der Waals surface area (Å²) in [5.74, 6) is -0.410. The molecule has 234 valence electrons. The number of phenolic OH excluding ortho intramolecular Hbond substituents is 1. The summed E-state index contributed by atoms with van der Waals surface area (Å²) in [6.07, 6.45) is 6.38. The van der Waals surface area contributed by atoms with Crippen LogP contribution in [0.1, 0.15) is 51.5 Å². The Morgan fingerprint density at radius 3 is 2.49 bits per heavy atom. The number of hydrogen-bond donors (Lipinski definition) is 2. The number of fused-ring (bicyclic) bond motifs is 3. The fraction of sp³-hybridized carbons (Fsp3) is 0.351. The molecule has 2 fully saturated rings. The Morgan fingerprint density at radius 2 is 1.78 bits per heavy atom. The molecule has 4 atom stereocenters. The van der Waals surface area contributed by atoms with Gasteiger partial charge in [0.15, 0.2) is 11.5 Å². The number of benzene rings is 3. The van der Waals surface area contributed by atoms with E-state index in [0.717, 1.165) is 46.2 Å². The number of nitrogens with zero attached hydrogens (tertiary/aromatic N) is 1. The zero-order valence-electron chi connectivity index (χ0n) is 25.9. The fourth-order valence-electron chi connectivity index (χ4n) is 7.24. The summed E-state index contributed by atoms with van der Waals surface area (Å²) >= 11 is 2.12. The van der Waals surface area contributed by atoms with Crippen LogP contribution in [0, 0.1) is 21.3 Å². The number of allylic oxidation sites excluding steroid dienone is 2. The highest BCUT2D eigenvalue weighted by Gasteiger charge is 2.56. The molecule has 2 heterocycles. The first-order chi connectivity index (χ1) is 21.8. The number of anilines is 3. The molecule has 2 amide bonds. The molecule has 0 unspecified atom stereocenters. The number of phenols is 1. The van der Waals surface area contributed by atoms with Crippen LogP contribution < -0.4 is 15.0 Å². The van der Waals surface area contributed by atoms with Crippen LogP contribution in [0.4, 0.5) is 17.1 Å². The molecular formula is C37H39IN2O5. The molecule has 0 aromatic heterocycles. The van der Waals surface area contributed by atoms with Crippen molar-refractivity contribution in [2.24, 2.45) is 17.8 Å². The number of amides is 2. The van der Waals surface area contributed by atoms with E-state index in [4.69, 9.17) is 9.47 Å². The van der Waals surface area contributed by atoms with E-state index >= 15 is 0 Å². The molecule has 0 bridgehead atoms. The first-order valence-corrected chi connectivity index (χ1v) is 16.7. The lowest BCUT2D eigenvalue weighted by Crippen LogP contribution is -2.34. The molecule has 0 spiro atoms. The standard InChI is InChI=1S/C37H39IN2O5/c1-4-8-23(18-24-19-30(38)35(41)32(20-24)44-3)11-16-31-33-22(2)17-28-34(29(33)21-45-31)37(43)40(36(28)42)27-14-12-26(13-15-27)39-25-9-6-5-7-10-25/h5-7,9-10,12-15,18-20,28-29,31,34,39,41H,4,8,11,16-17,21H2,1-3H3/b23-18+/t28-,29+,31-,34-/m1/s1. The number of ether oxygens (including phenoxy) is 2. The van der Waals surface area contributed by atoms with E-state index in [1.807, 2.05) is 66.7 Å². The molecule has 3 aliphatic rings. The van der Waals surface area contributed by atoms with Gasteiger partial charge >= 0.3 is 0 Å². The molecule has 6 rings (SSSR count). The van der Waals surface area contributed by atoms with E-state index in [0.29, 0.717) is 24.5 Å². The van der Waals surface area contributed by atoms with Crippen molar-refractivity contribution in [2.45, 2.75) is 52.1 Å². The molecule has 8 heteroatoms. The monoisotopic (exact) mass is 718 g/mol. The predicted molar refractivity (Wildman–Crippen MR) is 186 cm³/mol. The zero-order chi connectivity index (χ0) is 31.7. The SMILES string of the molecule is CCC/C(=C\c1cc(I)c(O)c(OC)c1)CC[C@H]1OC[C@H]2C1=C(C)C[C@H]1C(=O)N(c3ccc(Nc4ccccc4)cc3)C(=O)[C@H]12. The normalized spacial score (nSPS) is 22.9. The Labute approximate surface area is 278 Å². The van der Waals surface area contributed by atoms with Gasteiger partial charge in [0.1, 0.15) is 0 Å². The van der Waals surface area contributed by atoms with Gasteiger partial charge < -0.3 is 19.9 Å². The lowest BCUT2D eigenvalue weighted by Gasteiger charge is -2.30. The minimum Gasteiger partial charge on any atom is -0.504 e. The Bertz CT molecular complexity index is 1650. The predicted octanol–water partition coefficient (Wildman–Crippen LogP) is 8.25. The van der Waals surface area contributed by atoms with Crippen LogP contribution in [0.25, 0.3) is 6.08 Å². The summed E-state index contributed by atoms with van der Waals surface area (Å²) in [7, 11) is 1.56. The highest BCUT2D eigenvalue weighted by atomic mass is 127. The van der Waals surface area contributed by atoms with Gasteiger partial charge in [-0.05, 0) is 115 Å². The maximum absolute atomic E-state index is 13.9. The molecule has 3 aromatic rings. The summed E-state index contributed by atoms with van der Waals surface area (Å²) in [5.41, 5.74) is 7.20. The summed E-state index contributed by atoms with van der Waals surface area (Å²) in [6, 6.07) is 21.2. The first kappa shape index (κ1) is 31.4. The summed E-state index contributed by atoms with van der Waals surface area (Å²) in [4.78, 5) is 29.0. The minimum atomic E-state index is -0.388. The van der Waals surface area contributed by atoms with Crippen LogP contribution in [-0.2, 0) is 14.3 Å². The highest BCUT2D eigenvalue weighted by molar-refractivity contribution is 14.1. The van der Waals surface area contributed by atoms with Crippen LogP contribution in [0.5, 0.6) is 11.5 Å². The number of imide groups is 1. The number of nitrogens with one attached hydrogen (secondary N) is 1. The Balaban J connectivity index is 1.16. The van der Waals surface area contributed by atoms with E-state index in [-0.39, 0.29) is 41.4 Å². The second kappa shape index (κ2) is 13.4. The van der Waals surface area contributed by atoms with Gasteiger partial charge in [0, 0.05) is 17.3 Å². The smallest absolute Gasteiger partial charge is 0.238 e. The van der Waals surface area contributed by atoms with E-state index in [2.05, 4.69) is 47.8 Å². The Morgan fingerprint density at radius 1 is 1.04 bits per heavy atom. The van der Waals surface area contributed by atoms with Crippen molar-refractivity contribution in [1.29, 1.82) is 0 Å². The number of halogens is 1. The highest BCUT2D eigenvalue weighted by Crippen LogP contribution is 2.50. The molecule has 1 aliphatic carbocycles. The molecule has 3 aromatic carbocycles. The van der Waals surface area contributed by atoms with Crippen LogP contribution in [0.3, 0.4) is 0 Å². The first-order valence-electron chi connectivity index (χ1n) is 15.7. The van der Waals surface area contributed by atoms with Crippen molar-refractivity contribution in [2.75, 3.05) is 23.9 Å². The molecule has 2 N–H and O–H groups in total. The average molecular weight is 719 g/mol. The molecule has 0 saturated carbocycles. The van der Waals surface area contributed by atoms with Crippen molar-refractivity contribution >= 4 is 57.5 Å². The van der Waals surface area contributed by atoms with Gasteiger partial charge in [-0.15, -0.1) is 0 Å². The third-order valence-corrected chi connectivity index (χ3v) is 10.1. The summed E-state index contributed by atoms with van der Waals surface area (Å²) < 4.78 is 12.5. The molecule has 2 saturated heterocycles. The number of methoxy groups -OCH3 is 1. The second-order valence-electron chi connectivity index (χ2n) is 12.2. The van der Waals surface area contributed by atoms with Gasteiger partial charge in [-0.1, -0.05) is 48.8 Å². The van der Waals surface area contributed by atoms with E-state index in [1.54, 1.807) is 7.11 Å². The van der Waals surface area contributed by atoms with Gasteiger partial charge in [-0.2, -0.15) is 0 Å². The van der Waals surface area contributed by atoms with E-state index in [1.165, 1.54) is 21.6 Å². The van der Waals surface area contributed by atoms with Crippen molar-refractivity contribution in [3.05, 3.63) is 92.6 Å². The van der Waals surface area contributed by atoms with Crippen LogP contribution >= 0.6 is 22.6 Å². The van der Waals surface area contributed by atoms with Crippen LogP contribution in [-0.4, -0.2) is 36.7 Å². The lowest BCUT2D eigenvalue weighted by atomic mass is 9.70. The van der Waals surface area contributed by atoms with Gasteiger partial charge in [0.05, 0.1) is 40.9 Å². The van der Waals surface area contributed by atoms with Gasteiger partial charge in [-0.25, -0.2) is 0 Å². The average Bonchev–Trinajstić information content (AvgIpc) is 3.57.